The number of aromatic nitrogens is 3. The van der Waals surface area contributed by atoms with Gasteiger partial charge in [0.15, 0.2) is 0 Å². The predicted molar refractivity (Wildman–Crippen MR) is 78.6 cm³/mol. The highest BCUT2D eigenvalue weighted by Crippen LogP contribution is 2.16. The van der Waals surface area contributed by atoms with Gasteiger partial charge in [-0.3, -0.25) is 14.5 Å². The zero-order valence-corrected chi connectivity index (χ0v) is 12.2. The van der Waals surface area contributed by atoms with E-state index in [0.717, 1.165) is 5.69 Å². The van der Waals surface area contributed by atoms with Crippen LogP contribution in [0.25, 0.3) is 0 Å². The van der Waals surface area contributed by atoms with Gasteiger partial charge in [0.25, 0.3) is 0 Å². The molecule has 2 heterocycles. The summed E-state index contributed by atoms with van der Waals surface area (Å²) >= 11 is 0. The average molecular weight is 307 g/mol. The van der Waals surface area contributed by atoms with E-state index in [4.69, 9.17) is 5.11 Å². The quantitative estimate of drug-likeness (QED) is 0.700. The molecule has 1 atom stereocenters. The first-order valence-electron chi connectivity index (χ1n) is 6.86. The van der Waals surface area contributed by atoms with E-state index in [0.29, 0.717) is 5.69 Å². The van der Waals surface area contributed by atoms with E-state index in [-0.39, 0.29) is 37.5 Å². The number of carbonyl (C=O) groups is 1. The van der Waals surface area contributed by atoms with Gasteiger partial charge in [0.2, 0.25) is 5.91 Å². The topological polar surface area (TPSA) is 92.1 Å². The van der Waals surface area contributed by atoms with Crippen molar-refractivity contribution in [2.75, 3.05) is 18.5 Å². The molecule has 0 aliphatic rings. The SMILES string of the molecule is CC(Nc1cnn(CC(=O)NCCO)c1)c1ccc(F)cn1. The molecule has 2 aromatic rings. The molecule has 0 saturated heterocycles. The first kappa shape index (κ1) is 15.9. The van der Waals surface area contributed by atoms with Gasteiger partial charge in [0.05, 0.1) is 36.4 Å². The standard InChI is InChI=1S/C14H18FN5O2/c1-10(13-3-2-11(15)6-17-13)19-12-7-18-20(8-12)9-14(22)16-4-5-21/h2-3,6-8,10,19,21H,4-5,9H2,1H3,(H,16,22). The molecule has 0 saturated carbocycles. The Morgan fingerprint density at radius 2 is 2.27 bits per heavy atom. The molecule has 8 heteroatoms. The lowest BCUT2D eigenvalue weighted by atomic mass is 10.2. The molecule has 0 aliphatic heterocycles. The Bertz CT molecular complexity index is 614. The summed E-state index contributed by atoms with van der Waals surface area (Å²) in [4.78, 5) is 15.5. The lowest BCUT2D eigenvalue weighted by Crippen LogP contribution is -2.30. The maximum atomic E-state index is 12.8. The van der Waals surface area contributed by atoms with Crippen molar-refractivity contribution in [3.05, 3.63) is 42.2 Å². The van der Waals surface area contributed by atoms with E-state index < -0.39 is 0 Å². The van der Waals surface area contributed by atoms with Gasteiger partial charge in [0, 0.05) is 12.7 Å². The number of carbonyl (C=O) groups excluding carboxylic acids is 1. The number of anilines is 1. The van der Waals surface area contributed by atoms with Gasteiger partial charge in [-0.1, -0.05) is 0 Å². The number of aliphatic hydroxyl groups is 1. The van der Waals surface area contributed by atoms with Crippen molar-refractivity contribution in [1.82, 2.24) is 20.1 Å². The van der Waals surface area contributed by atoms with Crippen molar-refractivity contribution < 1.29 is 14.3 Å². The number of halogens is 1. The molecule has 0 aliphatic carbocycles. The van der Waals surface area contributed by atoms with Crippen LogP contribution in [0.2, 0.25) is 0 Å². The zero-order chi connectivity index (χ0) is 15.9. The van der Waals surface area contributed by atoms with Crippen molar-refractivity contribution in [2.45, 2.75) is 19.5 Å². The minimum atomic E-state index is -0.377. The van der Waals surface area contributed by atoms with Gasteiger partial charge in [-0.15, -0.1) is 0 Å². The maximum Gasteiger partial charge on any atom is 0.241 e. The third-order valence-electron chi connectivity index (χ3n) is 2.95. The Kier molecular flexibility index (Phi) is 5.42. The summed E-state index contributed by atoms with van der Waals surface area (Å²) in [5, 5.41) is 18.4. The Balaban J connectivity index is 1.91. The molecule has 0 aromatic carbocycles. The van der Waals surface area contributed by atoms with Crippen molar-refractivity contribution in [1.29, 1.82) is 0 Å². The van der Waals surface area contributed by atoms with E-state index in [1.54, 1.807) is 18.5 Å². The average Bonchev–Trinajstić information content (AvgIpc) is 2.92. The Labute approximate surface area is 127 Å². The number of aliphatic hydroxyl groups excluding tert-OH is 1. The van der Waals surface area contributed by atoms with Gasteiger partial charge >= 0.3 is 0 Å². The van der Waals surface area contributed by atoms with Crippen LogP contribution in [0.3, 0.4) is 0 Å². The van der Waals surface area contributed by atoms with Crippen LogP contribution in [0.5, 0.6) is 0 Å². The number of nitrogens with zero attached hydrogens (tertiary/aromatic N) is 3. The van der Waals surface area contributed by atoms with E-state index in [9.17, 15) is 9.18 Å². The molecule has 2 aromatic heterocycles. The van der Waals surface area contributed by atoms with Crippen LogP contribution >= 0.6 is 0 Å². The molecule has 22 heavy (non-hydrogen) atoms. The highest BCUT2D eigenvalue weighted by Gasteiger charge is 2.09. The molecule has 2 rings (SSSR count). The fourth-order valence-corrected chi connectivity index (χ4v) is 1.89. The van der Waals surface area contributed by atoms with E-state index in [2.05, 4.69) is 20.7 Å². The smallest absolute Gasteiger partial charge is 0.241 e. The fraction of sp³-hybridized carbons (Fsp3) is 0.357. The minimum absolute atomic E-state index is 0.0743. The summed E-state index contributed by atoms with van der Waals surface area (Å²) in [5.74, 6) is -0.602. The lowest BCUT2D eigenvalue weighted by Gasteiger charge is -2.12. The van der Waals surface area contributed by atoms with Crippen LogP contribution in [-0.2, 0) is 11.3 Å². The summed E-state index contributed by atoms with van der Waals surface area (Å²) in [6.07, 6.45) is 4.46. The monoisotopic (exact) mass is 307 g/mol. The van der Waals surface area contributed by atoms with Crippen LogP contribution in [0.1, 0.15) is 18.7 Å². The van der Waals surface area contributed by atoms with Gasteiger partial charge in [-0.05, 0) is 19.1 Å². The normalized spacial score (nSPS) is 12.0. The van der Waals surface area contributed by atoms with E-state index >= 15 is 0 Å². The third-order valence-corrected chi connectivity index (χ3v) is 2.95. The summed E-state index contributed by atoms with van der Waals surface area (Å²) in [6.45, 7) is 2.09. The molecular formula is C14H18FN5O2. The second-order valence-corrected chi connectivity index (χ2v) is 4.77. The molecule has 0 bridgehead atoms. The van der Waals surface area contributed by atoms with Gasteiger partial charge in [0.1, 0.15) is 12.4 Å². The summed E-state index contributed by atoms with van der Waals surface area (Å²) in [5.41, 5.74) is 1.43. The largest absolute Gasteiger partial charge is 0.395 e. The second kappa shape index (κ2) is 7.51. The number of nitrogens with one attached hydrogen (secondary N) is 2. The number of hydrogen-bond donors (Lipinski definition) is 3. The molecule has 7 nitrogen and oxygen atoms in total. The van der Waals surface area contributed by atoms with Gasteiger partial charge in [-0.25, -0.2) is 4.39 Å². The highest BCUT2D eigenvalue weighted by atomic mass is 19.1. The van der Waals surface area contributed by atoms with E-state index in [1.807, 2.05) is 6.92 Å². The van der Waals surface area contributed by atoms with Crippen molar-refractivity contribution in [3.8, 4) is 0 Å². The Morgan fingerprint density at radius 3 is 2.95 bits per heavy atom. The molecule has 118 valence electrons. The fourth-order valence-electron chi connectivity index (χ4n) is 1.89. The summed E-state index contributed by atoms with van der Waals surface area (Å²) in [7, 11) is 0. The van der Waals surface area contributed by atoms with Crippen LogP contribution in [-0.4, -0.2) is 38.9 Å². The molecule has 1 amide bonds. The van der Waals surface area contributed by atoms with Crippen LogP contribution in [0.15, 0.2) is 30.7 Å². The van der Waals surface area contributed by atoms with Crippen LogP contribution < -0.4 is 10.6 Å². The molecular weight excluding hydrogens is 289 g/mol. The molecule has 3 N–H and O–H groups in total. The Hall–Kier alpha value is -2.48. The van der Waals surface area contributed by atoms with E-state index in [1.165, 1.54) is 16.9 Å². The zero-order valence-electron chi connectivity index (χ0n) is 12.2. The number of rotatable bonds is 7. The molecule has 0 radical (unpaired) electrons. The van der Waals surface area contributed by atoms with Crippen molar-refractivity contribution >= 4 is 11.6 Å². The van der Waals surface area contributed by atoms with Crippen molar-refractivity contribution in [2.24, 2.45) is 0 Å². The van der Waals surface area contributed by atoms with Crippen LogP contribution in [0, 0.1) is 5.82 Å². The van der Waals surface area contributed by atoms with Gasteiger partial charge < -0.3 is 15.7 Å². The molecule has 0 spiro atoms. The molecule has 0 fully saturated rings. The third kappa shape index (κ3) is 4.52. The summed E-state index contributed by atoms with van der Waals surface area (Å²) < 4.78 is 14.3. The lowest BCUT2D eigenvalue weighted by molar-refractivity contribution is -0.122. The van der Waals surface area contributed by atoms with Crippen molar-refractivity contribution in [3.63, 3.8) is 0 Å². The number of hydrogen-bond acceptors (Lipinski definition) is 5. The highest BCUT2D eigenvalue weighted by molar-refractivity contribution is 5.75. The first-order valence-corrected chi connectivity index (χ1v) is 6.86. The Morgan fingerprint density at radius 1 is 1.45 bits per heavy atom. The number of pyridine rings is 1. The van der Waals surface area contributed by atoms with Crippen LogP contribution in [0.4, 0.5) is 10.1 Å². The summed E-state index contributed by atoms with van der Waals surface area (Å²) in [6, 6.07) is 2.84. The molecule has 1 unspecified atom stereocenters. The van der Waals surface area contributed by atoms with Gasteiger partial charge in [-0.2, -0.15) is 5.10 Å². The maximum absolute atomic E-state index is 12.8. The second-order valence-electron chi connectivity index (χ2n) is 4.77. The first-order chi connectivity index (χ1) is 10.6. The number of amides is 1. The predicted octanol–water partition coefficient (Wildman–Crippen LogP) is 0.699. The minimum Gasteiger partial charge on any atom is -0.395 e.